The maximum Gasteiger partial charge on any atom is 0.356 e. The molecule has 4 nitrogen and oxygen atoms in total. The lowest BCUT2D eigenvalue weighted by Gasteiger charge is -2.55. The minimum Gasteiger partial charge on any atom is -0.476 e. The zero-order chi connectivity index (χ0) is 13.9. The smallest absolute Gasteiger partial charge is 0.356 e. The number of rotatable bonds is 2. The van der Waals surface area contributed by atoms with Gasteiger partial charge < -0.3 is 5.11 Å². The molecule has 106 valence electrons. The number of aromatic nitrogens is 2. The molecule has 1 aromatic heterocycles. The number of aromatic carboxylic acids is 1. The van der Waals surface area contributed by atoms with Crippen LogP contribution in [0.1, 0.15) is 54.8 Å². The van der Waals surface area contributed by atoms with Gasteiger partial charge >= 0.3 is 5.97 Å². The molecule has 1 aromatic rings. The van der Waals surface area contributed by atoms with Crippen LogP contribution in [-0.4, -0.2) is 21.0 Å². The Bertz CT molecular complexity index is 552. The van der Waals surface area contributed by atoms with Gasteiger partial charge in [0.05, 0.1) is 11.2 Å². The van der Waals surface area contributed by atoms with E-state index in [1.54, 1.807) is 0 Å². The molecule has 1 heterocycles. The van der Waals surface area contributed by atoms with E-state index in [2.05, 4.69) is 9.97 Å². The Morgan fingerprint density at radius 2 is 1.75 bits per heavy atom. The monoisotopic (exact) mass is 292 g/mol. The van der Waals surface area contributed by atoms with Crippen LogP contribution in [0.2, 0.25) is 5.02 Å². The Balaban J connectivity index is 1.77. The van der Waals surface area contributed by atoms with E-state index >= 15 is 0 Å². The van der Waals surface area contributed by atoms with Crippen LogP contribution in [0, 0.1) is 17.8 Å². The average Bonchev–Trinajstić information content (AvgIpc) is 2.37. The second-order valence-corrected chi connectivity index (χ2v) is 7.30. The molecule has 4 bridgehead atoms. The van der Waals surface area contributed by atoms with Crippen LogP contribution in [0.5, 0.6) is 0 Å². The van der Waals surface area contributed by atoms with Crippen molar-refractivity contribution in [3.8, 4) is 0 Å². The average molecular weight is 293 g/mol. The van der Waals surface area contributed by atoms with Crippen molar-refractivity contribution in [2.45, 2.75) is 43.9 Å². The molecular weight excluding hydrogens is 276 g/mol. The third-order valence-corrected chi connectivity index (χ3v) is 5.74. The number of carboxylic acid groups (broad SMARTS) is 1. The summed E-state index contributed by atoms with van der Waals surface area (Å²) in [6.07, 6.45) is 8.88. The van der Waals surface area contributed by atoms with Gasteiger partial charge in [0.15, 0.2) is 5.69 Å². The first-order valence-electron chi connectivity index (χ1n) is 7.32. The molecule has 5 rings (SSSR count). The van der Waals surface area contributed by atoms with E-state index in [1.807, 2.05) is 0 Å². The van der Waals surface area contributed by atoms with Crippen LogP contribution in [0.4, 0.5) is 0 Å². The van der Waals surface area contributed by atoms with Gasteiger partial charge in [-0.1, -0.05) is 11.6 Å². The summed E-state index contributed by atoms with van der Waals surface area (Å²) in [5.41, 5.74) is -0.0313. The Kier molecular flexibility index (Phi) is 2.62. The Morgan fingerprint density at radius 3 is 2.25 bits per heavy atom. The summed E-state index contributed by atoms with van der Waals surface area (Å²) in [5.74, 6) is 2.01. The van der Waals surface area contributed by atoms with Crippen molar-refractivity contribution < 1.29 is 9.90 Å². The molecule has 0 radical (unpaired) electrons. The van der Waals surface area contributed by atoms with E-state index in [1.165, 1.54) is 25.5 Å². The molecule has 4 aliphatic rings. The van der Waals surface area contributed by atoms with Crippen LogP contribution in [0.15, 0.2) is 6.20 Å². The van der Waals surface area contributed by atoms with E-state index in [0.717, 1.165) is 42.8 Å². The number of hydrogen-bond acceptors (Lipinski definition) is 3. The second-order valence-electron chi connectivity index (χ2n) is 6.89. The van der Waals surface area contributed by atoms with E-state index in [4.69, 9.17) is 11.6 Å². The number of carbonyl (C=O) groups is 1. The third kappa shape index (κ3) is 1.77. The maximum absolute atomic E-state index is 11.2. The molecule has 0 unspecified atom stereocenters. The molecule has 0 aromatic carbocycles. The standard InChI is InChI=1S/C15H17ClN2O2/c16-11-7-17-14(18-12(11)13(19)20)15-4-8-1-9(5-15)3-10(2-8)6-15/h7-10H,1-6H2,(H,19,20). The van der Waals surface area contributed by atoms with Gasteiger partial charge in [0.2, 0.25) is 0 Å². The van der Waals surface area contributed by atoms with Gasteiger partial charge in [-0.2, -0.15) is 0 Å². The number of nitrogens with zero attached hydrogens (tertiary/aromatic N) is 2. The first-order valence-corrected chi connectivity index (χ1v) is 7.70. The van der Waals surface area contributed by atoms with Crippen molar-refractivity contribution in [1.29, 1.82) is 0 Å². The quantitative estimate of drug-likeness (QED) is 0.908. The lowest BCUT2D eigenvalue weighted by atomic mass is 9.49. The van der Waals surface area contributed by atoms with Gasteiger partial charge in [-0.05, 0) is 56.3 Å². The van der Waals surface area contributed by atoms with Crippen molar-refractivity contribution in [2.75, 3.05) is 0 Å². The Morgan fingerprint density at radius 1 is 1.20 bits per heavy atom. The van der Waals surface area contributed by atoms with Gasteiger partial charge in [0.25, 0.3) is 0 Å². The summed E-state index contributed by atoms with van der Waals surface area (Å²) in [7, 11) is 0. The molecule has 0 aliphatic heterocycles. The Hall–Kier alpha value is -1.16. The van der Waals surface area contributed by atoms with Crippen molar-refractivity contribution in [3.05, 3.63) is 22.7 Å². The molecule has 4 aliphatic carbocycles. The van der Waals surface area contributed by atoms with E-state index in [-0.39, 0.29) is 16.1 Å². The van der Waals surface area contributed by atoms with Crippen molar-refractivity contribution in [2.24, 2.45) is 17.8 Å². The van der Waals surface area contributed by atoms with Crippen molar-refractivity contribution in [3.63, 3.8) is 0 Å². The maximum atomic E-state index is 11.2. The molecule has 5 heteroatoms. The number of carboxylic acids is 1. The molecule has 0 saturated heterocycles. The second kappa shape index (κ2) is 4.17. The molecule has 1 N–H and O–H groups in total. The molecule has 20 heavy (non-hydrogen) atoms. The highest BCUT2D eigenvalue weighted by Crippen LogP contribution is 2.60. The predicted molar refractivity (Wildman–Crippen MR) is 73.9 cm³/mol. The summed E-state index contributed by atoms with van der Waals surface area (Å²) >= 11 is 5.89. The molecule has 0 amide bonds. The normalized spacial score (nSPS) is 38.1. The number of hydrogen-bond donors (Lipinski definition) is 1. The molecule has 0 atom stereocenters. The van der Waals surface area contributed by atoms with Gasteiger partial charge in [0, 0.05) is 5.41 Å². The summed E-state index contributed by atoms with van der Waals surface area (Å²) in [4.78, 5) is 20.0. The van der Waals surface area contributed by atoms with Crippen molar-refractivity contribution in [1.82, 2.24) is 9.97 Å². The van der Waals surface area contributed by atoms with Gasteiger partial charge in [0.1, 0.15) is 5.82 Å². The molecular formula is C15H17ClN2O2. The minimum absolute atomic E-state index is 0.0174. The zero-order valence-corrected chi connectivity index (χ0v) is 11.9. The molecule has 4 fully saturated rings. The largest absolute Gasteiger partial charge is 0.476 e. The van der Waals surface area contributed by atoms with Crippen LogP contribution in [0.25, 0.3) is 0 Å². The highest BCUT2D eigenvalue weighted by Gasteiger charge is 2.53. The fraction of sp³-hybridized carbons (Fsp3) is 0.667. The SMILES string of the molecule is O=C(O)c1nc(C23CC4CC(CC(C4)C2)C3)ncc1Cl. The summed E-state index contributed by atoms with van der Waals surface area (Å²) in [5, 5.41) is 9.33. The lowest BCUT2D eigenvalue weighted by Crippen LogP contribution is -2.49. The van der Waals surface area contributed by atoms with E-state index in [9.17, 15) is 9.90 Å². The fourth-order valence-electron chi connectivity index (χ4n) is 5.16. The van der Waals surface area contributed by atoms with E-state index < -0.39 is 5.97 Å². The molecule has 4 saturated carbocycles. The van der Waals surface area contributed by atoms with Crippen molar-refractivity contribution >= 4 is 17.6 Å². The Labute approximate surface area is 122 Å². The highest BCUT2D eigenvalue weighted by molar-refractivity contribution is 6.33. The highest BCUT2D eigenvalue weighted by atomic mass is 35.5. The number of halogens is 1. The fourth-order valence-corrected chi connectivity index (χ4v) is 5.33. The summed E-state index contributed by atoms with van der Waals surface area (Å²) in [6.45, 7) is 0. The van der Waals surface area contributed by atoms with Crippen LogP contribution < -0.4 is 0 Å². The minimum atomic E-state index is -1.07. The lowest BCUT2D eigenvalue weighted by molar-refractivity contribution is -0.00950. The first-order chi connectivity index (χ1) is 9.56. The third-order valence-electron chi connectivity index (χ3n) is 5.46. The van der Waals surface area contributed by atoms with Crippen LogP contribution >= 0.6 is 11.6 Å². The summed E-state index contributed by atoms with van der Waals surface area (Å²) < 4.78 is 0. The van der Waals surface area contributed by atoms with Gasteiger partial charge in [-0.15, -0.1) is 0 Å². The zero-order valence-electron chi connectivity index (χ0n) is 11.2. The first kappa shape index (κ1) is 12.6. The van der Waals surface area contributed by atoms with E-state index in [0.29, 0.717) is 0 Å². The molecule has 0 spiro atoms. The van der Waals surface area contributed by atoms with Gasteiger partial charge in [-0.3, -0.25) is 0 Å². The predicted octanol–water partition coefficient (Wildman–Crippen LogP) is 3.30. The topological polar surface area (TPSA) is 63.1 Å². The van der Waals surface area contributed by atoms with Gasteiger partial charge in [-0.25, -0.2) is 14.8 Å². The van der Waals surface area contributed by atoms with Crippen LogP contribution in [0.3, 0.4) is 0 Å². The van der Waals surface area contributed by atoms with Crippen LogP contribution in [-0.2, 0) is 5.41 Å². The summed E-state index contributed by atoms with van der Waals surface area (Å²) in [6, 6.07) is 0.